The summed E-state index contributed by atoms with van der Waals surface area (Å²) >= 11 is 0. The molecule has 94 valence electrons. The summed E-state index contributed by atoms with van der Waals surface area (Å²) in [6, 6.07) is 4.12. The topological polar surface area (TPSA) is 105 Å². The normalized spacial score (nSPS) is 10.4. The molecule has 1 rings (SSSR count). The first kappa shape index (κ1) is 13.3. The van der Waals surface area contributed by atoms with Crippen LogP contribution in [-0.4, -0.2) is 42.5 Å². The number of hydrogen-bond donors (Lipinski definition) is 4. The molecule has 0 heterocycles. The number of aliphatic hydroxyl groups excluding tert-OH is 2. The molecule has 1 aromatic rings. The van der Waals surface area contributed by atoms with E-state index in [-0.39, 0.29) is 24.5 Å². The number of anilines is 1. The lowest BCUT2D eigenvalue weighted by Gasteiger charge is -2.15. The summed E-state index contributed by atoms with van der Waals surface area (Å²) in [4.78, 5) is 11.8. The number of carbonyl (C=O) groups is 1. The second-order valence-corrected chi connectivity index (χ2v) is 3.46. The molecular formula is C11H16N2O4. The van der Waals surface area contributed by atoms with Crippen molar-refractivity contribution in [2.45, 2.75) is 6.04 Å². The molecule has 0 bridgehead atoms. The Bertz CT molecular complexity index is 391. The summed E-state index contributed by atoms with van der Waals surface area (Å²) in [7, 11) is 1.46. The predicted molar refractivity (Wildman–Crippen MR) is 62.8 cm³/mol. The zero-order chi connectivity index (χ0) is 12.8. The van der Waals surface area contributed by atoms with Crippen molar-refractivity contribution in [1.82, 2.24) is 5.32 Å². The predicted octanol–water partition coefficient (Wildman–Crippen LogP) is -0.640. The maximum atomic E-state index is 11.8. The first-order valence-corrected chi connectivity index (χ1v) is 5.09. The van der Waals surface area contributed by atoms with Crippen LogP contribution >= 0.6 is 0 Å². The first-order chi connectivity index (χ1) is 8.13. The summed E-state index contributed by atoms with van der Waals surface area (Å²) in [6.45, 7) is -0.682. The third-order valence-corrected chi connectivity index (χ3v) is 2.31. The Morgan fingerprint density at radius 3 is 2.65 bits per heavy atom. The van der Waals surface area contributed by atoms with Crippen LogP contribution in [-0.2, 0) is 0 Å². The van der Waals surface area contributed by atoms with E-state index in [0.717, 1.165) is 0 Å². The van der Waals surface area contributed by atoms with E-state index in [0.29, 0.717) is 5.75 Å². The van der Waals surface area contributed by atoms with Crippen LogP contribution in [0.3, 0.4) is 0 Å². The Hall–Kier alpha value is -1.79. The smallest absolute Gasteiger partial charge is 0.253 e. The zero-order valence-corrected chi connectivity index (χ0v) is 9.51. The van der Waals surface area contributed by atoms with Gasteiger partial charge in [-0.25, -0.2) is 0 Å². The highest BCUT2D eigenvalue weighted by Crippen LogP contribution is 2.24. The average molecular weight is 240 g/mol. The van der Waals surface area contributed by atoms with Crippen molar-refractivity contribution >= 4 is 11.6 Å². The van der Waals surface area contributed by atoms with Crippen LogP contribution in [0.4, 0.5) is 5.69 Å². The molecule has 1 aromatic carbocycles. The molecule has 0 aliphatic carbocycles. The number of rotatable bonds is 5. The molecule has 0 aliphatic rings. The minimum Gasteiger partial charge on any atom is -0.495 e. The van der Waals surface area contributed by atoms with Gasteiger partial charge in [0.1, 0.15) is 5.75 Å². The summed E-state index contributed by atoms with van der Waals surface area (Å²) < 4.78 is 4.99. The van der Waals surface area contributed by atoms with E-state index in [1.165, 1.54) is 7.11 Å². The van der Waals surface area contributed by atoms with Crippen LogP contribution in [0.5, 0.6) is 5.75 Å². The number of amides is 1. The lowest BCUT2D eigenvalue weighted by molar-refractivity contribution is 0.0880. The van der Waals surface area contributed by atoms with E-state index in [9.17, 15) is 4.79 Å². The Morgan fingerprint density at radius 1 is 1.47 bits per heavy atom. The number of hydrogen-bond acceptors (Lipinski definition) is 5. The van der Waals surface area contributed by atoms with Crippen molar-refractivity contribution < 1.29 is 19.7 Å². The van der Waals surface area contributed by atoms with E-state index in [1.54, 1.807) is 18.2 Å². The maximum Gasteiger partial charge on any atom is 0.253 e. The molecule has 1 amide bonds. The highest BCUT2D eigenvalue weighted by Gasteiger charge is 2.16. The fourth-order valence-electron chi connectivity index (χ4n) is 1.33. The number of nitrogens with two attached hydrogens (primary N) is 1. The Morgan fingerprint density at radius 2 is 2.12 bits per heavy atom. The zero-order valence-electron chi connectivity index (χ0n) is 9.51. The van der Waals surface area contributed by atoms with Gasteiger partial charge in [-0.05, 0) is 12.1 Å². The molecule has 6 nitrogen and oxygen atoms in total. The van der Waals surface area contributed by atoms with Gasteiger partial charge in [-0.15, -0.1) is 0 Å². The Balaban J connectivity index is 2.89. The SMILES string of the molecule is COc1cccc(C(=O)NC(CO)CO)c1N. The molecule has 0 saturated carbocycles. The first-order valence-electron chi connectivity index (χ1n) is 5.09. The second-order valence-electron chi connectivity index (χ2n) is 3.46. The van der Waals surface area contributed by atoms with Crippen molar-refractivity contribution in [3.05, 3.63) is 23.8 Å². The average Bonchev–Trinajstić information content (AvgIpc) is 2.35. The van der Waals surface area contributed by atoms with Gasteiger partial charge in [0.05, 0.1) is 37.6 Å². The van der Waals surface area contributed by atoms with Gasteiger partial charge in [0.15, 0.2) is 0 Å². The van der Waals surface area contributed by atoms with Crippen LogP contribution in [0.2, 0.25) is 0 Å². The largest absolute Gasteiger partial charge is 0.495 e. The number of aliphatic hydroxyl groups is 2. The third kappa shape index (κ3) is 3.08. The van der Waals surface area contributed by atoms with Crippen LogP contribution in [0.15, 0.2) is 18.2 Å². The molecule has 0 saturated heterocycles. The van der Waals surface area contributed by atoms with Gasteiger partial charge in [0.25, 0.3) is 5.91 Å². The van der Waals surface area contributed by atoms with E-state index in [1.807, 2.05) is 0 Å². The third-order valence-electron chi connectivity index (χ3n) is 2.31. The summed E-state index contributed by atoms with van der Waals surface area (Å²) in [5.41, 5.74) is 6.21. The number of benzene rings is 1. The number of nitrogens with one attached hydrogen (secondary N) is 1. The summed E-state index contributed by atoms with van der Waals surface area (Å²) in [5, 5.41) is 20.2. The highest BCUT2D eigenvalue weighted by atomic mass is 16.5. The van der Waals surface area contributed by atoms with Gasteiger partial charge >= 0.3 is 0 Å². The lowest BCUT2D eigenvalue weighted by Crippen LogP contribution is -2.40. The van der Waals surface area contributed by atoms with Crippen molar-refractivity contribution in [1.29, 1.82) is 0 Å². The van der Waals surface area contributed by atoms with E-state index >= 15 is 0 Å². The molecule has 0 aliphatic heterocycles. The van der Waals surface area contributed by atoms with E-state index < -0.39 is 11.9 Å². The lowest BCUT2D eigenvalue weighted by atomic mass is 10.1. The van der Waals surface area contributed by atoms with Crippen LogP contribution in [0, 0.1) is 0 Å². The van der Waals surface area contributed by atoms with Crippen LogP contribution < -0.4 is 15.8 Å². The maximum absolute atomic E-state index is 11.8. The monoisotopic (exact) mass is 240 g/mol. The fourth-order valence-corrected chi connectivity index (χ4v) is 1.33. The number of carbonyl (C=O) groups excluding carboxylic acids is 1. The number of ether oxygens (including phenoxy) is 1. The summed E-state index contributed by atoms with van der Waals surface area (Å²) in [5.74, 6) is -0.0586. The Kier molecular flexibility index (Phi) is 4.74. The molecule has 0 radical (unpaired) electrons. The molecule has 0 unspecified atom stereocenters. The van der Waals surface area contributed by atoms with Gasteiger partial charge < -0.3 is 26.0 Å². The molecule has 5 N–H and O–H groups in total. The summed E-state index contributed by atoms with van der Waals surface area (Å²) in [6.07, 6.45) is 0. The molecular weight excluding hydrogens is 224 g/mol. The minimum atomic E-state index is -0.701. The minimum absolute atomic E-state index is 0.224. The molecule has 0 spiro atoms. The molecule has 17 heavy (non-hydrogen) atoms. The molecule has 0 fully saturated rings. The van der Waals surface area contributed by atoms with Crippen LogP contribution in [0.1, 0.15) is 10.4 Å². The molecule has 0 atom stereocenters. The van der Waals surface area contributed by atoms with Crippen LogP contribution in [0.25, 0.3) is 0 Å². The van der Waals surface area contributed by atoms with Gasteiger partial charge in [0.2, 0.25) is 0 Å². The van der Waals surface area contributed by atoms with E-state index in [2.05, 4.69) is 5.32 Å². The molecule has 0 aromatic heterocycles. The van der Waals surface area contributed by atoms with Crippen molar-refractivity contribution in [2.24, 2.45) is 0 Å². The van der Waals surface area contributed by atoms with E-state index in [4.69, 9.17) is 20.7 Å². The number of para-hydroxylation sites is 1. The van der Waals surface area contributed by atoms with Gasteiger partial charge in [-0.2, -0.15) is 0 Å². The fraction of sp³-hybridized carbons (Fsp3) is 0.364. The van der Waals surface area contributed by atoms with Crippen molar-refractivity contribution in [3.63, 3.8) is 0 Å². The number of methoxy groups -OCH3 is 1. The highest BCUT2D eigenvalue weighted by molar-refractivity contribution is 6.00. The second kappa shape index (κ2) is 6.07. The van der Waals surface area contributed by atoms with Crippen molar-refractivity contribution in [3.8, 4) is 5.75 Å². The number of nitrogen functional groups attached to an aromatic ring is 1. The standard InChI is InChI=1S/C11H16N2O4/c1-17-9-4-2-3-8(10(9)12)11(16)13-7(5-14)6-15/h2-4,7,14-15H,5-6,12H2,1H3,(H,13,16). The molecule has 6 heteroatoms. The quantitative estimate of drug-likeness (QED) is 0.512. The van der Waals surface area contributed by atoms with Crippen molar-refractivity contribution in [2.75, 3.05) is 26.1 Å². The van der Waals surface area contributed by atoms with Gasteiger partial charge in [0, 0.05) is 0 Å². The van der Waals surface area contributed by atoms with Gasteiger partial charge in [-0.1, -0.05) is 6.07 Å². The van der Waals surface area contributed by atoms with Gasteiger partial charge in [-0.3, -0.25) is 4.79 Å². The Labute approximate surface area is 99.0 Å².